The van der Waals surface area contributed by atoms with Crippen molar-refractivity contribution in [2.75, 3.05) is 0 Å². The molecule has 2 aliphatic heterocycles. The zero-order valence-electron chi connectivity index (χ0n) is 50.8. The van der Waals surface area contributed by atoms with E-state index in [4.69, 9.17) is 39.9 Å². The summed E-state index contributed by atoms with van der Waals surface area (Å²) in [6, 6.07) is 33.1. The van der Waals surface area contributed by atoms with Crippen LogP contribution in [0, 0.1) is 0 Å². The molecule has 450 valence electrons. The van der Waals surface area contributed by atoms with Crippen LogP contribution in [0.2, 0.25) is 0 Å². The summed E-state index contributed by atoms with van der Waals surface area (Å²) in [6.45, 7) is 0. The molecule has 0 unspecified atom stereocenters. The first-order valence-corrected chi connectivity index (χ1v) is 30.6. The Kier molecular flexibility index (Phi) is 11.7. The molecule has 2 aliphatic rings. The molecule has 97 heavy (non-hydrogen) atoms. The molecule has 0 N–H and O–H groups in total. The fourth-order valence-corrected chi connectivity index (χ4v) is 14.5. The molecule has 0 spiro atoms. The van der Waals surface area contributed by atoms with E-state index in [2.05, 4.69) is 88.4 Å². The van der Waals surface area contributed by atoms with Crippen LogP contribution in [0.1, 0.15) is 0 Å². The number of rotatable bonds is 8. The summed E-state index contributed by atoms with van der Waals surface area (Å²) in [6.07, 6.45) is 43.9. The second kappa shape index (κ2) is 20.9. The first-order valence-electron chi connectivity index (χ1n) is 30.6. The molecular weight excluding hydrogens is 1220 g/mol. The molecule has 19 aromatic rings. The smallest absolute Gasteiger partial charge is 0.357 e. The largest absolute Gasteiger partial charge is 1.00 e. The van der Waals surface area contributed by atoms with E-state index in [1.54, 1.807) is 100 Å². The van der Waals surface area contributed by atoms with E-state index in [0.717, 1.165) is 88.6 Å². The normalized spacial score (nSPS) is 12.0. The molecule has 8 bridgehead atoms. The van der Waals surface area contributed by atoms with Gasteiger partial charge in [0.25, 0.3) is 0 Å². The summed E-state index contributed by atoms with van der Waals surface area (Å²) < 4.78 is 16.0. The summed E-state index contributed by atoms with van der Waals surface area (Å²) >= 11 is 0. The molecule has 24 nitrogen and oxygen atoms in total. The van der Waals surface area contributed by atoms with Gasteiger partial charge in [-0.15, -0.1) is 0 Å². The molecule has 0 saturated heterocycles. The SMILES string of the molecule is [Na+].c1ccc2c(-n3ccnc3)c3c(c(-n4ccnc4)c2c1)-c1nc-3nc2[n-]c(nc3nc(nc4[n-]c(n1)c1c(-n5ccnc5)c5ccccc5c(-n5ccnc5)c41)-c1c-3c(-n3ccnc3)c3ccccc3c1-n1ccnc1)c1c(-n3ccnc3)c3ccccc3c(-n3ccnc3)c21. The van der Waals surface area contributed by atoms with Crippen molar-refractivity contribution in [3.05, 3.63) is 247 Å². The van der Waals surface area contributed by atoms with Gasteiger partial charge in [0.15, 0.2) is 0 Å². The Balaban J connectivity index is 0.00000641. The maximum absolute atomic E-state index is 5.88. The van der Waals surface area contributed by atoms with E-state index in [0.29, 0.717) is 89.7 Å². The molecule has 11 aromatic heterocycles. The van der Waals surface area contributed by atoms with Gasteiger partial charge in [0, 0.05) is 209 Å². The Morgan fingerprint density at radius 1 is 0.216 bits per heavy atom. The maximum atomic E-state index is 5.88. The van der Waals surface area contributed by atoms with Gasteiger partial charge in [0.1, 0.15) is 0 Å². The summed E-state index contributed by atoms with van der Waals surface area (Å²) in [5, 5.41) is 9.64. The van der Waals surface area contributed by atoms with Crippen molar-refractivity contribution < 1.29 is 29.6 Å². The fourth-order valence-electron chi connectivity index (χ4n) is 14.5. The minimum Gasteiger partial charge on any atom is -0.357 e. The molecule has 8 aromatic carbocycles. The van der Waals surface area contributed by atoms with E-state index >= 15 is 0 Å². The van der Waals surface area contributed by atoms with Gasteiger partial charge in [-0.25, -0.2) is 49.8 Å². The van der Waals surface area contributed by atoms with Crippen LogP contribution >= 0.6 is 0 Å². The van der Waals surface area contributed by atoms with Crippen LogP contribution in [0.15, 0.2) is 247 Å². The van der Waals surface area contributed by atoms with Crippen molar-refractivity contribution in [2.45, 2.75) is 0 Å². The van der Waals surface area contributed by atoms with Crippen LogP contribution < -0.4 is 39.5 Å². The van der Waals surface area contributed by atoms with E-state index in [1.165, 1.54) is 0 Å². The average Bonchev–Trinajstić information content (AvgIpc) is 1.72. The molecule has 0 radical (unpaired) electrons. The second-order valence-electron chi connectivity index (χ2n) is 23.2. The standard InChI is InChI=1S/C72H40N24.Na/c1-2-10-42-41(9-1)57(89-25-17-73-33-89)49-50(58(42)90-26-18-74-34-90)66-81-65(49)85-67-51-52(60(92-28-20-76-36-92)44-12-4-3-11-43(44)59(51)91-27-19-75-35-91)69(82-67)87-71-55-56(64(96-32-24-80-40-96)48-16-8-7-15-47(48)63(55)95-31-23-79-39-95)72(84-71)88-70-54-53(68(83-70)86-66)61(93-29-21-77-37-93)45-13-5-6-14-46(45)62(54)94-30-22-78-38-94;/h1-40H;/q-2;+1. The van der Waals surface area contributed by atoms with E-state index in [1.807, 2.05) is 135 Å². The molecule has 0 amide bonds. The topological polar surface area (TPSA) is 248 Å². The Hall–Kier alpha value is -13.2. The van der Waals surface area contributed by atoms with Crippen molar-refractivity contribution in [3.8, 4) is 91.1 Å². The summed E-state index contributed by atoms with van der Waals surface area (Å²) in [4.78, 5) is 83.7. The van der Waals surface area contributed by atoms with Crippen molar-refractivity contribution in [3.63, 3.8) is 0 Å². The zero-order chi connectivity index (χ0) is 62.7. The molecular formula is C72H40N24Na-. The van der Waals surface area contributed by atoms with Crippen LogP contribution in [-0.2, 0) is 0 Å². The van der Waals surface area contributed by atoms with Gasteiger partial charge in [0.2, 0.25) is 0 Å². The van der Waals surface area contributed by atoms with Gasteiger partial charge in [-0.05, 0) is 0 Å². The maximum Gasteiger partial charge on any atom is 1.00 e. The van der Waals surface area contributed by atoms with Crippen LogP contribution in [0.25, 0.3) is 178 Å². The molecule has 0 aliphatic carbocycles. The van der Waals surface area contributed by atoms with Crippen molar-refractivity contribution in [1.29, 1.82) is 0 Å². The minimum absolute atomic E-state index is 0. The molecule has 0 atom stereocenters. The van der Waals surface area contributed by atoms with Crippen LogP contribution in [0.4, 0.5) is 0 Å². The van der Waals surface area contributed by atoms with E-state index in [9.17, 15) is 0 Å². The van der Waals surface area contributed by atoms with Gasteiger partial charge < -0.3 is 66.4 Å². The van der Waals surface area contributed by atoms with Crippen molar-refractivity contribution in [1.82, 2.24) is 116 Å². The summed E-state index contributed by atoms with van der Waals surface area (Å²) in [5.74, 6) is 1.18. The Labute approximate surface area is 567 Å². The summed E-state index contributed by atoms with van der Waals surface area (Å²) in [7, 11) is 0. The minimum atomic E-state index is 0. The van der Waals surface area contributed by atoms with Crippen LogP contribution in [0.3, 0.4) is 0 Å². The Morgan fingerprint density at radius 3 is 0.567 bits per heavy atom. The number of fused-ring (bicyclic) bond motifs is 24. The predicted octanol–water partition coefficient (Wildman–Crippen LogP) is 9.23. The third kappa shape index (κ3) is 7.84. The van der Waals surface area contributed by atoms with Crippen LogP contribution in [0.5, 0.6) is 0 Å². The second-order valence-corrected chi connectivity index (χ2v) is 23.2. The number of imidazole rings is 8. The zero-order valence-corrected chi connectivity index (χ0v) is 52.8. The van der Waals surface area contributed by atoms with E-state index < -0.39 is 0 Å². The third-order valence-electron chi connectivity index (χ3n) is 18.2. The quantitative estimate of drug-likeness (QED) is 0.129. The first-order chi connectivity index (χ1) is 47.7. The fraction of sp³-hybridized carbons (Fsp3) is 0. The van der Waals surface area contributed by atoms with Gasteiger partial charge in [-0.3, -0.25) is 0 Å². The number of hydrogen-bond donors (Lipinski definition) is 0. The van der Waals surface area contributed by atoms with Crippen LogP contribution in [-0.4, -0.2) is 106 Å². The molecule has 0 saturated carbocycles. The molecule has 0 fully saturated rings. The van der Waals surface area contributed by atoms with Crippen molar-refractivity contribution >= 4 is 87.2 Å². The number of nitrogens with zero attached hydrogens (tertiary/aromatic N) is 24. The Bertz CT molecular complexity index is 5760. The molecule has 13 heterocycles. The van der Waals surface area contributed by atoms with Gasteiger partial charge >= 0.3 is 29.6 Å². The Morgan fingerprint density at radius 2 is 0.392 bits per heavy atom. The number of aromatic nitrogens is 24. The molecule has 21 rings (SSSR count). The monoisotopic (exact) mass is 1260 g/mol. The third-order valence-corrected chi connectivity index (χ3v) is 18.2. The first kappa shape index (κ1) is 54.4. The van der Waals surface area contributed by atoms with Gasteiger partial charge in [0.05, 0.1) is 119 Å². The van der Waals surface area contributed by atoms with Gasteiger partial charge in [-0.1, -0.05) is 97.1 Å². The average molecular weight is 1260 g/mol. The van der Waals surface area contributed by atoms with Gasteiger partial charge in [-0.2, -0.15) is 0 Å². The number of hydrogen-bond acceptors (Lipinski definition) is 14. The van der Waals surface area contributed by atoms with E-state index in [-0.39, 0.29) is 29.6 Å². The predicted molar refractivity (Wildman–Crippen MR) is 361 cm³/mol. The van der Waals surface area contributed by atoms with Crippen molar-refractivity contribution in [2.24, 2.45) is 0 Å². The summed E-state index contributed by atoms with van der Waals surface area (Å²) in [5.41, 5.74) is 9.79. The molecule has 25 heteroatoms. The number of benzene rings is 8.